The molecule has 0 saturated carbocycles. The average molecular weight is 383 g/mol. The van der Waals surface area contributed by atoms with E-state index in [1.165, 1.54) is 12.1 Å². The number of benzene rings is 1. The number of fused-ring (bicyclic) bond motifs is 1. The smallest absolute Gasteiger partial charge is 0.308 e. The largest absolute Gasteiger partial charge is 0.481 e. The molecule has 0 aliphatic carbocycles. The summed E-state index contributed by atoms with van der Waals surface area (Å²) in [6.07, 6.45) is 1.18. The minimum absolute atomic E-state index is 0.161. The van der Waals surface area contributed by atoms with E-state index in [9.17, 15) is 19.1 Å². The lowest BCUT2D eigenvalue weighted by molar-refractivity contribution is -0.143. The Labute approximate surface area is 159 Å². The number of carbonyl (C=O) groups is 2. The van der Waals surface area contributed by atoms with Crippen LogP contribution in [0.1, 0.15) is 28.9 Å². The van der Waals surface area contributed by atoms with Crippen LogP contribution in [0.15, 0.2) is 34.9 Å². The lowest BCUT2D eigenvalue weighted by atomic mass is 9.97. The number of halogens is 1. The Morgan fingerprint density at radius 3 is 2.75 bits per heavy atom. The number of hydrogen-bond donors (Lipinski definition) is 1. The van der Waals surface area contributed by atoms with Crippen LogP contribution in [0, 0.1) is 18.7 Å². The highest BCUT2D eigenvalue weighted by Crippen LogP contribution is 2.29. The van der Waals surface area contributed by atoms with E-state index in [0.717, 1.165) is 0 Å². The van der Waals surface area contributed by atoms with Gasteiger partial charge in [-0.05, 0) is 50.1 Å². The monoisotopic (exact) mass is 383 g/mol. The summed E-state index contributed by atoms with van der Waals surface area (Å²) >= 11 is 0. The number of amides is 1. The molecule has 1 aliphatic heterocycles. The van der Waals surface area contributed by atoms with Crippen molar-refractivity contribution in [3.8, 4) is 11.3 Å². The minimum atomic E-state index is -0.898. The number of likely N-dealkylation sites (tertiary alicyclic amines) is 1. The third-order valence-corrected chi connectivity index (χ3v) is 5.05. The molecule has 8 heteroatoms. The zero-order chi connectivity index (χ0) is 19.8. The van der Waals surface area contributed by atoms with Crippen LogP contribution >= 0.6 is 0 Å². The maximum atomic E-state index is 13.3. The van der Waals surface area contributed by atoms with E-state index in [4.69, 9.17) is 4.52 Å². The van der Waals surface area contributed by atoms with Gasteiger partial charge in [0, 0.05) is 18.7 Å². The Bertz CT molecular complexity index is 1060. The number of aryl methyl sites for hydroxylation is 1. The molecule has 144 valence electrons. The highest BCUT2D eigenvalue weighted by molar-refractivity contribution is 6.07. The predicted octanol–water partition coefficient (Wildman–Crippen LogP) is 3.27. The molecule has 1 aliphatic rings. The fourth-order valence-corrected chi connectivity index (χ4v) is 3.57. The molecular weight excluding hydrogens is 365 g/mol. The molecule has 28 heavy (non-hydrogen) atoms. The zero-order valence-corrected chi connectivity index (χ0v) is 15.2. The van der Waals surface area contributed by atoms with E-state index in [0.29, 0.717) is 47.3 Å². The molecule has 0 spiro atoms. The van der Waals surface area contributed by atoms with Crippen LogP contribution in [0.4, 0.5) is 4.39 Å². The van der Waals surface area contributed by atoms with Gasteiger partial charge in [0.05, 0.1) is 28.3 Å². The first-order chi connectivity index (χ1) is 13.4. The van der Waals surface area contributed by atoms with Crippen molar-refractivity contribution < 1.29 is 23.6 Å². The molecule has 1 fully saturated rings. The van der Waals surface area contributed by atoms with Gasteiger partial charge in [-0.1, -0.05) is 5.16 Å². The van der Waals surface area contributed by atoms with Crippen LogP contribution in [0.3, 0.4) is 0 Å². The number of aromatic nitrogens is 2. The number of carboxylic acids is 1. The molecule has 1 N–H and O–H groups in total. The van der Waals surface area contributed by atoms with E-state index < -0.39 is 11.9 Å². The van der Waals surface area contributed by atoms with Crippen molar-refractivity contribution in [2.75, 3.05) is 13.1 Å². The van der Waals surface area contributed by atoms with Crippen LogP contribution in [-0.2, 0) is 4.79 Å². The molecule has 1 aromatic carbocycles. The zero-order valence-electron chi connectivity index (χ0n) is 15.2. The van der Waals surface area contributed by atoms with E-state index in [2.05, 4.69) is 10.1 Å². The molecule has 1 amide bonds. The van der Waals surface area contributed by atoms with Crippen molar-refractivity contribution in [2.24, 2.45) is 5.92 Å². The molecule has 1 atom stereocenters. The molecule has 4 rings (SSSR count). The van der Waals surface area contributed by atoms with Crippen LogP contribution in [0.2, 0.25) is 0 Å². The maximum absolute atomic E-state index is 13.3. The quantitative estimate of drug-likeness (QED) is 0.746. The van der Waals surface area contributed by atoms with Crippen molar-refractivity contribution in [2.45, 2.75) is 19.8 Å². The van der Waals surface area contributed by atoms with E-state index in [-0.39, 0.29) is 24.0 Å². The lowest BCUT2D eigenvalue weighted by Crippen LogP contribution is -2.42. The highest BCUT2D eigenvalue weighted by Gasteiger charge is 2.30. The van der Waals surface area contributed by atoms with Gasteiger partial charge in [-0.25, -0.2) is 9.37 Å². The predicted molar refractivity (Wildman–Crippen MR) is 98.2 cm³/mol. The highest BCUT2D eigenvalue weighted by atomic mass is 19.1. The number of nitrogens with zero attached hydrogens (tertiary/aromatic N) is 3. The van der Waals surface area contributed by atoms with E-state index in [1.54, 1.807) is 30.0 Å². The molecular formula is C20H18FN3O4. The summed E-state index contributed by atoms with van der Waals surface area (Å²) in [6.45, 7) is 2.37. The number of hydrogen-bond acceptors (Lipinski definition) is 5. The molecule has 3 aromatic rings. The van der Waals surface area contributed by atoms with Crippen molar-refractivity contribution in [3.63, 3.8) is 0 Å². The summed E-state index contributed by atoms with van der Waals surface area (Å²) in [5.74, 6) is -2.13. The number of rotatable bonds is 3. The van der Waals surface area contributed by atoms with Gasteiger partial charge >= 0.3 is 5.97 Å². The van der Waals surface area contributed by atoms with Gasteiger partial charge in [0.25, 0.3) is 11.6 Å². The summed E-state index contributed by atoms with van der Waals surface area (Å²) < 4.78 is 18.5. The number of piperidine rings is 1. The fraction of sp³-hybridized carbons (Fsp3) is 0.300. The van der Waals surface area contributed by atoms with Gasteiger partial charge in [-0.3, -0.25) is 9.59 Å². The number of carbonyl (C=O) groups excluding carboxylic acids is 1. The first-order valence-electron chi connectivity index (χ1n) is 8.99. The van der Waals surface area contributed by atoms with Crippen molar-refractivity contribution >= 4 is 23.0 Å². The lowest BCUT2D eigenvalue weighted by Gasteiger charge is -2.31. The maximum Gasteiger partial charge on any atom is 0.308 e. The van der Waals surface area contributed by atoms with Crippen molar-refractivity contribution in [1.29, 1.82) is 0 Å². The summed E-state index contributed by atoms with van der Waals surface area (Å²) in [5.41, 5.74) is 2.19. The van der Waals surface area contributed by atoms with E-state index >= 15 is 0 Å². The average Bonchev–Trinajstić information content (AvgIpc) is 3.08. The SMILES string of the molecule is Cc1noc2nc(-c3ccc(F)cc3)cc(C(=O)N3CCCC(C(=O)O)C3)c12. The number of aliphatic carboxylic acids is 1. The second-order valence-corrected chi connectivity index (χ2v) is 6.94. The van der Waals surface area contributed by atoms with Gasteiger partial charge in [-0.15, -0.1) is 0 Å². The van der Waals surface area contributed by atoms with Crippen LogP contribution in [0.25, 0.3) is 22.4 Å². The summed E-state index contributed by atoms with van der Waals surface area (Å²) in [5, 5.41) is 13.7. The van der Waals surface area contributed by atoms with Crippen molar-refractivity contribution in [3.05, 3.63) is 47.4 Å². The Balaban J connectivity index is 1.78. The molecule has 7 nitrogen and oxygen atoms in total. The fourth-order valence-electron chi connectivity index (χ4n) is 3.57. The molecule has 0 radical (unpaired) electrons. The Morgan fingerprint density at radius 2 is 2.04 bits per heavy atom. The minimum Gasteiger partial charge on any atom is -0.481 e. The Hall–Kier alpha value is -3.29. The van der Waals surface area contributed by atoms with Crippen LogP contribution in [-0.4, -0.2) is 45.1 Å². The van der Waals surface area contributed by atoms with Crippen LogP contribution < -0.4 is 0 Å². The van der Waals surface area contributed by atoms with Gasteiger partial charge in [0.1, 0.15) is 5.82 Å². The second kappa shape index (κ2) is 7.03. The molecule has 1 saturated heterocycles. The molecule has 3 heterocycles. The molecule has 0 bridgehead atoms. The number of carboxylic acid groups (broad SMARTS) is 1. The third-order valence-electron chi connectivity index (χ3n) is 5.05. The van der Waals surface area contributed by atoms with Crippen molar-refractivity contribution in [1.82, 2.24) is 15.0 Å². The van der Waals surface area contributed by atoms with Gasteiger partial charge in [-0.2, -0.15) is 0 Å². The van der Waals surface area contributed by atoms with Gasteiger partial charge in [0.2, 0.25) is 0 Å². The second-order valence-electron chi connectivity index (χ2n) is 6.94. The van der Waals surface area contributed by atoms with E-state index in [1.807, 2.05) is 0 Å². The van der Waals surface area contributed by atoms with Gasteiger partial charge < -0.3 is 14.5 Å². The van der Waals surface area contributed by atoms with Crippen LogP contribution in [0.5, 0.6) is 0 Å². The van der Waals surface area contributed by atoms with Gasteiger partial charge in [0.15, 0.2) is 0 Å². The number of pyridine rings is 1. The molecule has 2 aromatic heterocycles. The topological polar surface area (TPSA) is 96.5 Å². The Kier molecular flexibility index (Phi) is 4.54. The standard InChI is InChI=1S/C20H18FN3O4/c1-11-17-15(19(25)24-8-2-3-13(10-24)20(26)27)9-16(22-18(17)28-23-11)12-4-6-14(21)7-5-12/h4-7,9,13H,2-3,8,10H2,1H3,(H,26,27). The summed E-state index contributed by atoms with van der Waals surface area (Å²) in [4.78, 5) is 30.6. The normalized spacial score (nSPS) is 17.1. The first kappa shape index (κ1) is 18.1. The summed E-state index contributed by atoms with van der Waals surface area (Å²) in [7, 11) is 0. The summed E-state index contributed by atoms with van der Waals surface area (Å²) in [6, 6.07) is 7.41. The first-order valence-corrected chi connectivity index (χ1v) is 8.99. The molecule has 1 unspecified atom stereocenters. The Morgan fingerprint density at radius 1 is 1.29 bits per heavy atom. The third kappa shape index (κ3) is 3.21.